The lowest BCUT2D eigenvalue weighted by molar-refractivity contribution is -0.122. The molecule has 1 amide bonds. The third-order valence-electron chi connectivity index (χ3n) is 9.59. The molecule has 1 aliphatic carbocycles. The smallest absolute Gasteiger partial charge is 0.336 e. The first-order valence-corrected chi connectivity index (χ1v) is 18.1. The molecule has 11 heteroatoms. The van der Waals surface area contributed by atoms with Gasteiger partial charge < -0.3 is 29.2 Å². The summed E-state index contributed by atoms with van der Waals surface area (Å²) in [5.41, 5.74) is 3.93. The zero-order chi connectivity index (χ0) is 35.0. The molecule has 4 aliphatic rings. The van der Waals surface area contributed by atoms with Crippen LogP contribution in [-0.2, 0) is 14.3 Å². The van der Waals surface area contributed by atoms with E-state index in [-0.39, 0.29) is 23.2 Å². The van der Waals surface area contributed by atoms with Crippen LogP contribution in [0.2, 0.25) is 0 Å². The van der Waals surface area contributed by atoms with Crippen molar-refractivity contribution in [1.29, 1.82) is 0 Å². The maximum absolute atomic E-state index is 13.3. The molecule has 3 heterocycles. The summed E-state index contributed by atoms with van der Waals surface area (Å²) in [6.07, 6.45) is 5.38. The quantitative estimate of drug-likeness (QED) is 0.0626. The topological polar surface area (TPSA) is 121 Å². The number of rotatable bonds is 17. The van der Waals surface area contributed by atoms with E-state index in [4.69, 9.17) is 25.5 Å². The van der Waals surface area contributed by atoms with E-state index < -0.39 is 5.97 Å². The van der Waals surface area contributed by atoms with Gasteiger partial charge in [0.25, 0.3) is 5.91 Å². The monoisotopic (exact) mass is 702 g/mol. The van der Waals surface area contributed by atoms with Crippen molar-refractivity contribution in [3.63, 3.8) is 0 Å². The SMILES string of the molecule is CC(=O)C1C[N+](=c2ccc3c(-c4cc(C(=O)NCCOCCOCCCCCCCl)ccc4C(=O)O)c4ccc(N5CCC5)cc4oc-3c2)C1. The average Bonchev–Trinajstić information content (AvgIpc) is 3.05. The Balaban J connectivity index is 1.24. The summed E-state index contributed by atoms with van der Waals surface area (Å²) in [6, 6.07) is 16.6. The van der Waals surface area contributed by atoms with Gasteiger partial charge in [0.2, 0.25) is 5.36 Å². The first kappa shape index (κ1) is 35.6. The number of alkyl halides is 1. The number of unbranched alkanes of at least 4 members (excludes halogenated alkanes) is 3. The van der Waals surface area contributed by atoms with Crippen LogP contribution < -0.4 is 20.1 Å². The molecular weight excluding hydrogens is 658 g/mol. The lowest BCUT2D eigenvalue weighted by Crippen LogP contribution is -2.51. The molecule has 264 valence electrons. The van der Waals surface area contributed by atoms with Crippen LogP contribution in [-0.4, -0.2) is 87.8 Å². The fraction of sp³-hybridized carbons (Fsp3) is 0.436. The molecule has 0 aromatic heterocycles. The molecule has 2 fully saturated rings. The van der Waals surface area contributed by atoms with Gasteiger partial charge in [-0.05, 0) is 68.1 Å². The minimum absolute atomic E-state index is 0.0213. The highest BCUT2D eigenvalue weighted by Gasteiger charge is 2.35. The molecule has 0 radical (unpaired) electrons. The molecule has 2 aromatic rings. The number of carboxylic acids is 1. The summed E-state index contributed by atoms with van der Waals surface area (Å²) in [6.45, 7) is 7.10. The molecule has 0 bridgehead atoms. The normalized spacial score (nSPS) is 15.6. The van der Waals surface area contributed by atoms with Crippen molar-refractivity contribution in [1.82, 2.24) is 9.89 Å². The molecular formula is C39H45ClN3O7+. The summed E-state index contributed by atoms with van der Waals surface area (Å²) >= 11 is 5.70. The molecule has 2 N–H and O–H groups in total. The van der Waals surface area contributed by atoms with Gasteiger partial charge in [0.1, 0.15) is 23.0 Å². The Morgan fingerprint density at radius 3 is 2.42 bits per heavy atom. The highest BCUT2D eigenvalue weighted by atomic mass is 35.5. The highest BCUT2D eigenvalue weighted by molar-refractivity contribution is 6.17. The molecule has 10 nitrogen and oxygen atoms in total. The number of ether oxygens (including phenoxy) is 2. The molecule has 6 rings (SSSR count). The van der Waals surface area contributed by atoms with Crippen molar-refractivity contribution in [2.24, 2.45) is 5.92 Å². The van der Waals surface area contributed by atoms with Gasteiger partial charge in [0, 0.05) is 72.0 Å². The Labute approximate surface area is 297 Å². The first-order chi connectivity index (χ1) is 24.3. The zero-order valence-corrected chi connectivity index (χ0v) is 29.3. The van der Waals surface area contributed by atoms with Crippen LogP contribution in [0.15, 0.2) is 59.0 Å². The zero-order valence-electron chi connectivity index (χ0n) is 28.5. The molecule has 2 saturated heterocycles. The number of carbonyl (C=O) groups is 3. The average molecular weight is 703 g/mol. The maximum atomic E-state index is 13.3. The minimum atomic E-state index is -1.09. The van der Waals surface area contributed by atoms with Crippen molar-refractivity contribution in [2.75, 3.05) is 69.9 Å². The molecule has 2 aromatic carbocycles. The number of hydrogen-bond donors (Lipinski definition) is 2. The van der Waals surface area contributed by atoms with Gasteiger partial charge in [0.05, 0.1) is 31.5 Å². The number of aromatic carboxylic acids is 1. The highest BCUT2D eigenvalue weighted by Crippen LogP contribution is 2.42. The van der Waals surface area contributed by atoms with Gasteiger partial charge in [0.15, 0.2) is 13.1 Å². The predicted molar refractivity (Wildman–Crippen MR) is 194 cm³/mol. The summed E-state index contributed by atoms with van der Waals surface area (Å²) in [7, 11) is 0. The van der Waals surface area contributed by atoms with Crippen LogP contribution in [0.1, 0.15) is 59.7 Å². The number of fused-ring (bicyclic) bond motifs is 2. The van der Waals surface area contributed by atoms with Crippen molar-refractivity contribution in [2.45, 2.75) is 39.0 Å². The number of carboxylic acid groups (broad SMARTS) is 1. The maximum Gasteiger partial charge on any atom is 0.336 e. The summed E-state index contributed by atoms with van der Waals surface area (Å²) in [4.78, 5) is 40.1. The minimum Gasteiger partial charge on any atom is -0.478 e. The predicted octanol–water partition coefficient (Wildman–Crippen LogP) is 5.67. The van der Waals surface area contributed by atoms with E-state index in [1.165, 1.54) is 12.1 Å². The molecule has 0 saturated carbocycles. The number of nitrogens with one attached hydrogen (secondary N) is 1. The lowest BCUT2D eigenvalue weighted by atomic mass is 9.89. The Morgan fingerprint density at radius 2 is 1.70 bits per heavy atom. The van der Waals surface area contributed by atoms with Crippen molar-refractivity contribution >= 4 is 45.9 Å². The van der Waals surface area contributed by atoms with E-state index in [0.717, 1.165) is 67.2 Å². The molecule has 0 unspecified atom stereocenters. The Kier molecular flexibility index (Phi) is 11.8. The first-order valence-electron chi connectivity index (χ1n) is 17.6. The van der Waals surface area contributed by atoms with E-state index in [9.17, 15) is 19.5 Å². The third-order valence-corrected chi connectivity index (χ3v) is 9.86. The van der Waals surface area contributed by atoms with Gasteiger partial charge in [-0.25, -0.2) is 9.37 Å². The molecule has 0 spiro atoms. The number of anilines is 1. The van der Waals surface area contributed by atoms with Crippen LogP contribution >= 0.6 is 11.6 Å². The second kappa shape index (κ2) is 16.6. The van der Waals surface area contributed by atoms with Gasteiger partial charge in [-0.3, -0.25) is 9.59 Å². The van der Waals surface area contributed by atoms with Gasteiger partial charge in [-0.15, -0.1) is 11.6 Å². The van der Waals surface area contributed by atoms with Crippen LogP contribution in [0.3, 0.4) is 0 Å². The number of nitrogens with zero attached hydrogens (tertiary/aromatic N) is 2. The van der Waals surface area contributed by atoms with Crippen molar-refractivity contribution in [3.05, 3.63) is 71.1 Å². The van der Waals surface area contributed by atoms with Crippen LogP contribution in [0.25, 0.3) is 33.4 Å². The van der Waals surface area contributed by atoms with E-state index in [0.29, 0.717) is 80.0 Å². The summed E-state index contributed by atoms with van der Waals surface area (Å²) < 4.78 is 19.9. The Hall–Kier alpha value is -4.25. The van der Waals surface area contributed by atoms with Crippen LogP contribution in [0.5, 0.6) is 0 Å². The van der Waals surface area contributed by atoms with Crippen LogP contribution in [0, 0.1) is 5.92 Å². The van der Waals surface area contributed by atoms with E-state index >= 15 is 0 Å². The van der Waals surface area contributed by atoms with Crippen molar-refractivity contribution < 1.29 is 33.4 Å². The summed E-state index contributed by atoms with van der Waals surface area (Å²) in [5.74, 6) is 0.0764. The van der Waals surface area contributed by atoms with Gasteiger partial charge >= 0.3 is 5.97 Å². The fourth-order valence-electron chi connectivity index (χ4n) is 6.46. The molecule has 50 heavy (non-hydrogen) atoms. The number of ketones is 1. The largest absolute Gasteiger partial charge is 0.478 e. The standard InChI is InChI=1S/C39H44ClN3O7/c1-26(44)28-24-43(25-28)30-9-12-33-36(23-30)50-35-22-29(42-15-6-16-42)8-11-32(35)37(33)34-21-27(7-10-31(34)39(46)47)38(45)41-14-18-49-20-19-48-17-5-3-2-4-13-40/h7-12,21-23,28H,2-6,13-20,24-25H2,1H3,(H-,41,45,46,47)/p+1. The number of benzene rings is 3. The number of halogens is 1. The number of Topliss-reactive ketones (excluding diaryl/α,β-unsaturated/α-hetero) is 1. The molecule has 3 aliphatic heterocycles. The summed E-state index contributed by atoms with van der Waals surface area (Å²) in [5, 5.41) is 14.9. The van der Waals surface area contributed by atoms with E-state index in [2.05, 4.69) is 14.8 Å². The second-order valence-corrected chi connectivity index (χ2v) is 13.4. The Morgan fingerprint density at radius 1 is 0.920 bits per heavy atom. The van der Waals surface area contributed by atoms with Gasteiger partial charge in [-0.1, -0.05) is 12.8 Å². The van der Waals surface area contributed by atoms with Gasteiger partial charge in [-0.2, -0.15) is 0 Å². The number of hydrogen-bond acceptors (Lipinski definition) is 7. The third kappa shape index (κ3) is 8.20. The van der Waals surface area contributed by atoms with E-state index in [1.807, 2.05) is 36.4 Å². The second-order valence-electron chi connectivity index (χ2n) is 13.0. The Bertz CT molecular complexity index is 1890. The molecule has 0 atom stereocenters. The van der Waals surface area contributed by atoms with Crippen LogP contribution in [0.4, 0.5) is 5.69 Å². The number of carbonyl (C=O) groups excluding carboxylic acids is 2. The fourth-order valence-corrected chi connectivity index (χ4v) is 6.65. The van der Waals surface area contributed by atoms with E-state index in [1.54, 1.807) is 13.0 Å². The van der Waals surface area contributed by atoms with Crippen molar-refractivity contribution in [3.8, 4) is 22.5 Å². The number of amides is 1. The lowest BCUT2D eigenvalue weighted by Gasteiger charge is -2.33.